The number of esters is 1. The van der Waals surface area contributed by atoms with Crippen LogP contribution in [0.4, 0.5) is 0 Å². The quantitative estimate of drug-likeness (QED) is 0.563. The van der Waals surface area contributed by atoms with Crippen LogP contribution in [-0.4, -0.2) is 11.6 Å². The summed E-state index contributed by atoms with van der Waals surface area (Å²) < 4.78 is 6.03. The van der Waals surface area contributed by atoms with Crippen LogP contribution in [0.3, 0.4) is 0 Å². The summed E-state index contributed by atoms with van der Waals surface area (Å²) in [5.74, 6) is 6.74. The van der Waals surface area contributed by atoms with Crippen LogP contribution in [0.5, 0.6) is 0 Å². The molecule has 5 aliphatic carbocycles. The predicted octanol–water partition coefficient (Wildman–Crippen LogP) is 4.18. The van der Waals surface area contributed by atoms with Gasteiger partial charge in [0.25, 0.3) is 0 Å². The van der Waals surface area contributed by atoms with Crippen molar-refractivity contribution in [3.8, 4) is 0 Å². The van der Waals surface area contributed by atoms with Gasteiger partial charge >= 0.3 is 5.97 Å². The molecule has 5 aliphatic rings. The molecule has 7 atom stereocenters. The molecule has 0 heterocycles. The first kappa shape index (κ1) is 13.0. The summed E-state index contributed by atoms with van der Waals surface area (Å²) in [5, 5.41) is 0. The predicted molar refractivity (Wildman–Crippen MR) is 80.5 cm³/mol. The molecule has 5 rings (SSSR count). The molecule has 0 radical (unpaired) electrons. The molecule has 0 N–H and O–H groups in total. The fourth-order valence-corrected chi connectivity index (χ4v) is 7.98. The lowest BCUT2D eigenvalue weighted by atomic mass is 9.63. The molecule has 0 aromatic rings. The largest absolute Gasteiger partial charge is 0.459 e. The van der Waals surface area contributed by atoms with Crippen LogP contribution in [-0.2, 0) is 9.53 Å². The van der Waals surface area contributed by atoms with Gasteiger partial charge in [-0.25, -0.2) is 0 Å². The lowest BCUT2D eigenvalue weighted by Crippen LogP contribution is -2.46. The Balaban J connectivity index is 1.45. The van der Waals surface area contributed by atoms with E-state index in [1.54, 1.807) is 6.92 Å². The minimum atomic E-state index is -0.0575. The highest BCUT2D eigenvalue weighted by atomic mass is 16.6. The highest BCUT2D eigenvalue weighted by Gasteiger charge is 2.66. The summed E-state index contributed by atoms with van der Waals surface area (Å²) in [7, 11) is 0. The molecule has 5 saturated carbocycles. The van der Waals surface area contributed by atoms with Crippen molar-refractivity contribution in [2.75, 3.05) is 0 Å². The van der Waals surface area contributed by atoms with E-state index in [9.17, 15) is 4.79 Å². The Labute approximate surface area is 128 Å². The third kappa shape index (κ3) is 1.63. The van der Waals surface area contributed by atoms with Crippen LogP contribution in [0.2, 0.25) is 0 Å². The molecule has 2 heteroatoms. The second kappa shape index (κ2) is 4.26. The molecule has 116 valence electrons. The van der Waals surface area contributed by atoms with E-state index in [2.05, 4.69) is 0 Å². The van der Waals surface area contributed by atoms with Gasteiger partial charge in [-0.15, -0.1) is 0 Å². The Hall–Kier alpha value is -0.530. The summed E-state index contributed by atoms with van der Waals surface area (Å²) >= 11 is 0. The van der Waals surface area contributed by atoms with Crippen LogP contribution in [0.15, 0.2) is 0 Å². The van der Waals surface area contributed by atoms with Crippen molar-refractivity contribution in [3.05, 3.63) is 0 Å². The second-order valence-electron chi connectivity index (χ2n) is 8.86. The van der Waals surface area contributed by atoms with Gasteiger partial charge in [0.05, 0.1) is 0 Å². The SMILES string of the molecule is CC(=O)OC1(C2CC3CC2C2C4CCC(C4)C32)CCCC1. The maximum atomic E-state index is 11.7. The van der Waals surface area contributed by atoms with E-state index < -0.39 is 0 Å². The van der Waals surface area contributed by atoms with Crippen molar-refractivity contribution in [3.63, 3.8) is 0 Å². The summed E-state index contributed by atoms with van der Waals surface area (Å²) in [4.78, 5) is 11.7. The smallest absolute Gasteiger partial charge is 0.303 e. The van der Waals surface area contributed by atoms with Crippen LogP contribution < -0.4 is 0 Å². The molecule has 0 spiro atoms. The Morgan fingerprint density at radius 3 is 2.38 bits per heavy atom. The highest BCUT2D eigenvalue weighted by Crippen LogP contribution is 2.71. The fraction of sp³-hybridized carbons (Fsp3) is 0.947. The molecule has 7 unspecified atom stereocenters. The van der Waals surface area contributed by atoms with Crippen molar-refractivity contribution in [2.45, 2.75) is 70.3 Å². The first-order valence-corrected chi connectivity index (χ1v) is 9.37. The Bertz CT molecular complexity index is 464. The normalized spacial score (nSPS) is 52.3. The third-order valence-corrected chi connectivity index (χ3v) is 8.21. The standard InChI is InChI=1S/C19H28O2/c1-11(20)21-19(6-2-3-7-19)16-10-14-9-15(16)18-13-5-4-12(8-13)17(14)18/h12-18H,2-10H2,1H3. The van der Waals surface area contributed by atoms with Gasteiger partial charge in [0.1, 0.15) is 5.60 Å². The van der Waals surface area contributed by atoms with Crippen molar-refractivity contribution < 1.29 is 9.53 Å². The number of rotatable bonds is 2. The number of fused-ring (bicyclic) bond motifs is 9. The molecule has 4 bridgehead atoms. The highest BCUT2D eigenvalue weighted by molar-refractivity contribution is 5.66. The van der Waals surface area contributed by atoms with Crippen molar-refractivity contribution in [2.24, 2.45) is 41.4 Å². The van der Waals surface area contributed by atoms with Crippen molar-refractivity contribution in [1.29, 1.82) is 0 Å². The van der Waals surface area contributed by atoms with Crippen LogP contribution in [0.25, 0.3) is 0 Å². The summed E-state index contributed by atoms with van der Waals surface area (Å²) in [5.41, 5.74) is -0.0575. The van der Waals surface area contributed by atoms with E-state index in [0.717, 1.165) is 48.3 Å². The van der Waals surface area contributed by atoms with Gasteiger partial charge in [0, 0.05) is 12.8 Å². The van der Waals surface area contributed by atoms with Gasteiger partial charge in [-0.1, -0.05) is 0 Å². The average Bonchev–Trinajstić information content (AvgIpc) is 3.23. The maximum absolute atomic E-state index is 11.7. The molecule has 0 aromatic carbocycles. The average molecular weight is 288 g/mol. The minimum Gasteiger partial charge on any atom is -0.459 e. The van der Waals surface area contributed by atoms with Crippen LogP contribution in [0.1, 0.15) is 64.7 Å². The Morgan fingerprint density at radius 1 is 0.952 bits per heavy atom. The number of carbonyl (C=O) groups excluding carboxylic acids is 1. The zero-order chi connectivity index (χ0) is 14.2. The van der Waals surface area contributed by atoms with E-state index in [4.69, 9.17) is 4.74 Å². The lowest BCUT2D eigenvalue weighted by molar-refractivity contribution is -0.168. The van der Waals surface area contributed by atoms with E-state index >= 15 is 0 Å². The minimum absolute atomic E-state index is 0.0378. The maximum Gasteiger partial charge on any atom is 0.303 e. The molecular weight excluding hydrogens is 260 g/mol. The van der Waals surface area contributed by atoms with Crippen molar-refractivity contribution >= 4 is 5.97 Å². The van der Waals surface area contributed by atoms with Gasteiger partial charge in [-0.2, -0.15) is 0 Å². The number of hydrogen-bond acceptors (Lipinski definition) is 2. The first-order chi connectivity index (χ1) is 10.2. The zero-order valence-electron chi connectivity index (χ0n) is 13.2. The molecule has 5 fully saturated rings. The Kier molecular flexibility index (Phi) is 2.63. The lowest BCUT2D eigenvalue weighted by Gasteiger charge is -2.45. The third-order valence-electron chi connectivity index (χ3n) is 8.21. The molecule has 0 amide bonds. The summed E-state index contributed by atoms with van der Waals surface area (Å²) in [6.07, 6.45) is 12.2. The van der Waals surface area contributed by atoms with Crippen LogP contribution in [0, 0.1) is 41.4 Å². The summed E-state index contributed by atoms with van der Waals surface area (Å²) in [6, 6.07) is 0. The molecule has 0 aromatic heterocycles. The number of carbonyl (C=O) groups is 1. The number of hydrogen-bond donors (Lipinski definition) is 0. The van der Waals surface area contributed by atoms with Gasteiger partial charge in [-0.05, 0) is 93.3 Å². The van der Waals surface area contributed by atoms with E-state index in [0.29, 0.717) is 5.92 Å². The molecule has 21 heavy (non-hydrogen) atoms. The first-order valence-electron chi connectivity index (χ1n) is 9.37. The van der Waals surface area contributed by atoms with Gasteiger partial charge in [0.15, 0.2) is 0 Å². The zero-order valence-corrected chi connectivity index (χ0v) is 13.2. The molecular formula is C19H28O2. The van der Waals surface area contributed by atoms with Crippen LogP contribution >= 0.6 is 0 Å². The molecule has 0 aliphatic heterocycles. The summed E-state index contributed by atoms with van der Waals surface area (Å²) in [6.45, 7) is 1.62. The van der Waals surface area contributed by atoms with Crippen molar-refractivity contribution in [1.82, 2.24) is 0 Å². The topological polar surface area (TPSA) is 26.3 Å². The van der Waals surface area contributed by atoms with Gasteiger partial charge in [0.2, 0.25) is 0 Å². The van der Waals surface area contributed by atoms with E-state index in [1.807, 2.05) is 0 Å². The van der Waals surface area contributed by atoms with Gasteiger partial charge in [-0.3, -0.25) is 4.79 Å². The second-order valence-corrected chi connectivity index (χ2v) is 8.86. The van der Waals surface area contributed by atoms with E-state index in [1.165, 1.54) is 44.9 Å². The Morgan fingerprint density at radius 2 is 1.67 bits per heavy atom. The van der Waals surface area contributed by atoms with Gasteiger partial charge < -0.3 is 4.74 Å². The number of ether oxygens (including phenoxy) is 1. The monoisotopic (exact) mass is 288 g/mol. The van der Waals surface area contributed by atoms with E-state index in [-0.39, 0.29) is 11.6 Å². The molecule has 0 saturated heterocycles. The molecule has 2 nitrogen and oxygen atoms in total. The fourth-order valence-electron chi connectivity index (χ4n) is 7.98.